The van der Waals surface area contributed by atoms with E-state index < -0.39 is 0 Å². The topological polar surface area (TPSA) is 43.1 Å². The minimum Gasteiger partial charge on any atom is -0.200 e. The maximum absolute atomic E-state index is 6.68. The molecule has 0 spiro atoms. The molecule has 0 unspecified atom stereocenters. The fraction of sp³-hybridized carbons (Fsp3) is 0. The molecule has 1 heterocycles. The molecule has 0 radical (unpaired) electrons. The normalized spacial score (nSPS) is 11.6. The molecule has 0 N–H and O–H groups in total. The molecular weight excluding hydrogens is 368 g/mol. The number of benzene rings is 4. The van der Waals surface area contributed by atoms with Gasteiger partial charge in [0.15, 0.2) is 5.82 Å². The predicted octanol–water partition coefficient (Wildman–Crippen LogP) is 5.79. The molecule has 134 valence electrons. The standard InChI is InChI=1S/C23H15ClN4/c24-22-19-12-6-4-10-17(19)21(18-11-5-7-13-20(18)22)14-26-28-15-25-27-23(28)16-8-2-1-3-9-16/h1-15H/b26-14-. The van der Waals surface area contributed by atoms with Gasteiger partial charge in [0, 0.05) is 21.9 Å². The van der Waals surface area contributed by atoms with Crippen LogP contribution in [0.25, 0.3) is 32.9 Å². The Balaban J connectivity index is 1.71. The Hall–Kier alpha value is -3.50. The van der Waals surface area contributed by atoms with Gasteiger partial charge in [-0.2, -0.15) is 9.78 Å². The van der Waals surface area contributed by atoms with Crippen molar-refractivity contribution >= 4 is 39.4 Å². The number of rotatable bonds is 3. The van der Waals surface area contributed by atoms with Crippen LogP contribution in [0, 0.1) is 0 Å². The average Bonchev–Trinajstić information content (AvgIpc) is 3.23. The van der Waals surface area contributed by atoms with Crippen molar-refractivity contribution in [1.82, 2.24) is 14.9 Å². The molecule has 0 saturated carbocycles. The lowest BCUT2D eigenvalue weighted by atomic mass is 9.97. The van der Waals surface area contributed by atoms with Gasteiger partial charge >= 0.3 is 0 Å². The summed E-state index contributed by atoms with van der Waals surface area (Å²) in [7, 11) is 0. The van der Waals surface area contributed by atoms with Gasteiger partial charge in [-0.3, -0.25) is 0 Å². The first-order valence-corrected chi connectivity index (χ1v) is 9.29. The van der Waals surface area contributed by atoms with Gasteiger partial charge in [-0.25, -0.2) is 0 Å². The van der Waals surface area contributed by atoms with Crippen LogP contribution in [0.4, 0.5) is 0 Å². The molecule has 0 aliphatic heterocycles. The summed E-state index contributed by atoms with van der Waals surface area (Å²) in [6.45, 7) is 0. The SMILES string of the molecule is Clc1c2ccccc2c(/C=N\n2cnnc2-c2ccccc2)c2ccccc12. The van der Waals surface area contributed by atoms with E-state index in [1.807, 2.05) is 72.9 Å². The fourth-order valence-corrected chi connectivity index (χ4v) is 3.79. The van der Waals surface area contributed by atoms with Crippen LogP contribution in [0.3, 0.4) is 0 Å². The minimum atomic E-state index is 0.694. The van der Waals surface area contributed by atoms with Crippen LogP contribution in [-0.4, -0.2) is 21.1 Å². The highest BCUT2D eigenvalue weighted by Gasteiger charge is 2.11. The first-order chi connectivity index (χ1) is 13.8. The van der Waals surface area contributed by atoms with Crippen LogP contribution in [0.15, 0.2) is 90.3 Å². The highest BCUT2D eigenvalue weighted by Crippen LogP contribution is 2.35. The fourth-order valence-electron chi connectivity index (χ4n) is 3.46. The van der Waals surface area contributed by atoms with Crippen LogP contribution >= 0.6 is 11.6 Å². The van der Waals surface area contributed by atoms with E-state index >= 15 is 0 Å². The van der Waals surface area contributed by atoms with Gasteiger partial charge in [-0.15, -0.1) is 10.2 Å². The lowest BCUT2D eigenvalue weighted by Gasteiger charge is -2.10. The molecule has 0 atom stereocenters. The predicted molar refractivity (Wildman–Crippen MR) is 115 cm³/mol. The van der Waals surface area contributed by atoms with Crippen LogP contribution < -0.4 is 0 Å². The Morgan fingerprint density at radius 1 is 0.750 bits per heavy atom. The van der Waals surface area contributed by atoms with Crippen LogP contribution in [0.5, 0.6) is 0 Å². The molecule has 5 heteroatoms. The van der Waals surface area contributed by atoms with Crippen LogP contribution in [0.2, 0.25) is 5.02 Å². The number of aromatic nitrogens is 3. The maximum atomic E-state index is 6.68. The van der Waals surface area contributed by atoms with Gasteiger partial charge in [-0.05, 0) is 10.8 Å². The molecule has 4 aromatic carbocycles. The van der Waals surface area contributed by atoms with Crippen molar-refractivity contribution in [2.24, 2.45) is 5.10 Å². The summed E-state index contributed by atoms with van der Waals surface area (Å²) >= 11 is 6.68. The van der Waals surface area contributed by atoms with Crippen molar-refractivity contribution < 1.29 is 0 Å². The maximum Gasteiger partial charge on any atom is 0.184 e. The molecule has 5 aromatic rings. The van der Waals surface area contributed by atoms with Crippen molar-refractivity contribution in [3.63, 3.8) is 0 Å². The van der Waals surface area contributed by atoms with Gasteiger partial charge in [0.25, 0.3) is 0 Å². The first-order valence-electron chi connectivity index (χ1n) is 8.91. The Labute approximate surface area is 166 Å². The summed E-state index contributed by atoms with van der Waals surface area (Å²) in [5, 5.41) is 17.8. The first kappa shape index (κ1) is 16.7. The van der Waals surface area contributed by atoms with Crippen molar-refractivity contribution in [2.75, 3.05) is 0 Å². The second-order valence-corrected chi connectivity index (χ2v) is 6.81. The van der Waals surface area contributed by atoms with Crippen molar-refractivity contribution in [2.45, 2.75) is 0 Å². The van der Waals surface area contributed by atoms with E-state index in [-0.39, 0.29) is 0 Å². The van der Waals surface area contributed by atoms with Gasteiger partial charge in [-0.1, -0.05) is 90.5 Å². The van der Waals surface area contributed by atoms with E-state index in [4.69, 9.17) is 11.6 Å². The zero-order valence-electron chi connectivity index (χ0n) is 14.8. The molecule has 0 aliphatic carbocycles. The van der Waals surface area contributed by atoms with Crippen molar-refractivity contribution in [1.29, 1.82) is 0 Å². The summed E-state index contributed by atoms with van der Waals surface area (Å²) in [5.41, 5.74) is 1.98. The third-order valence-electron chi connectivity index (χ3n) is 4.78. The Morgan fingerprint density at radius 3 is 1.96 bits per heavy atom. The monoisotopic (exact) mass is 382 g/mol. The molecule has 28 heavy (non-hydrogen) atoms. The van der Waals surface area contributed by atoms with Crippen LogP contribution in [-0.2, 0) is 0 Å². The van der Waals surface area contributed by atoms with E-state index in [1.54, 1.807) is 11.0 Å². The van der Waals surface area contributed by atoms with Gasteiger partial charge in [0.1, 0.15) is 6.33 Å². The number of hydrogen-bond donors (Lipinski definition) is 0. The molecule has 0 saturated heterocycles. The number of fused-ring (bicyclic) bond motifs is 2. The lowest BCUT2D eigenvalue weighted by Crippen LogP contribution is -1.95. The zero-order valence-corrected chi connectivity index (χ0v) is 15.6. The molecule has 0 fully saturated rings. The van der Waals surface area contributed by atoms with E-state index in [9.17, 15) is 0 Å². The molecule has 4 nitrogen and oxygen atoms in total. The largest absolute Gasteiger partial charge is 0.200 e. The molecule has 0 aliphatic rings. The molecule has 0 amide bonds. The van der Waals surface area contributed by atoms with E-state index in [0.717, 1.165) is 37.7 Å². The highest BCUT2D eigenvalue weighted by atomic mass is 35.5. The average molecular weight is 383 g/mol. The third kappa shape index (κ3) is 2.75. The van der Waals surface area contributed by atoms with Crippen LogP contribution in [0.1, 0.15) is 5.56 Å². The molecule has 0 bridgehead atoms. The second-order valence-electron chi connectivity index (χ2n) is 6.43. The molecule has 5 rings (SSSR count). The Kier molecular flexibility index (Phi) is 4.11. The number of hydrogen-bond acceptors (Lipinski definition) is 3. The van der Waals surface area contributed by atoms with Crippen molar-refractivity contribution in [3.8, 4) is 11.4 Å². The Morgan fingerprint density at radius 2 is 1.32 bits per heavy atom. The lowest BCUT2D eigenvalue weighted by molar-refractivity contribution is 0.888. The highest BCUT2D eigenvalue weighted by molar-refractivity contribution is 6.42. The van der Waals surface area contributed by atoms with Gasteiger partial charge in [0.2, 0.25) is 0 Å². The summed E-state index contributed by atoms with van der Waals surface area (Å²) in [5.74, 6) is 0.694. The van der Waals surface area contributed by atoms with Crippen molar-refractivity contribution in [3.05, 3.63) is 95.8 Å². The summed E-state index contributed by atoms with van der Waals surface area (Å²) in [6, 6.07) is 26.1. The zero-order chi connectivity index (χ0) is 18.9. The Bertz CT molecular complexity index is 1270. The van der Waals surface area contributed by atoms with E-state index in [1.165, 1.54) is 0 Å². The number of nitrogens with zero attached hydrogens (tertiary/aromatic N) is 4. The summed E-state index contributed by atoms with van der Waals surface area (Å²) < 4.78 is 1.69. The summed E-state index contributed by atoms with van der Waals surface area (Å²) in [4.78, 5) is 0. The van der Waals surface area contributed by atoms with Gasteiger partial charge in [0.05, 0.1) is 11.2 Å². The summed E-state index contributed by atoms with van der Waals surface area (Å²) in [6.07, 6.45) is 3.47. The van der Waals surface area contributed by atoms with Gasteiger partial charge < -0.3 is 0 Å². The molecule has 1 aromatic heterocycles. The quantitative estimate of drug-likeness (QED) is 0.293. The molecular formula is C23H15ClN4. The van der Waals surface area contributed by atoms with E-state index in [2.05, 4.69) is 27.4 Å². The third-order valence-corrected chi connectivity index (χ3v) is 5.19. The van der Waals surface area contributed by atoms with E-state index in [0.29, 0.717) is 5.82 Å². The second kappa shape index (κ2) is 6.91. The smallest absolute Gasteiger partial charge is 0.184 e. The number of halogens is 1. The minimum absolute atomic E-state index is 0.694.